The van der Waals surface area contributed by atoms with Crippen LogP contribution in [0.5, 0.6) is 0 Å². The summed E-state index contributed by atoms with van der Waals surface area (Å²) in [6.07, 6.45) is 4.48. The molecule has 0 heterocycles. The molecule has 2 unspecified atom stereocenters. The van der Waals surface area contributed by atoms with E-state index in [2.05, 4.69) is 39.9 Å². The molecule has 2 heteroatoms. The van der Waals surface area contributed by atoms with Crippen LogP contribution in [-0.2, 0) is 0 Å². The summed E-state index contributed by atoms with van der Waals surface area (Å²) < 4.78 is 0. The third-order valence-corrected chi connectivity index (χ3v) is 3.03. The van der Waals surface area contributed by atoms with E-state index in [0.29, 0.717) is 12.1 Å². The fraction of sp³-hybridized carbons (Fsp3) is 1.00. The lowest BCUT2D eigenvalue weighted by Crippen LogP contribution is -2.46. The monoisotopic (exact) mass is 215 g/mol. The molecular formula is C13H29NO. The first kappa shape index (κ1) is 14.9. The Hall–Kier alpha value is -0.0800. The van der Waals surface area contributed by atoms with Crippen molar-refractivity contribution in [2.45, 2.75) is 72.4 Å². The molecular weight excluding hydrogens is 186 g/mol. The number of aliphatic hydroxyl groups excluding tert-OH is 1. The number of rotatable bonds is 7. The normalized spacial score (nSPS) is 16.4. The quantitative estimate of drug-likeness (QED) is 0.684. The topological polar surface area (TPSA) is 32.3 Å². The van der Waals surface area contributed by atoms with Gasteiger partial charge < -0.3 is 10.4 Å². The molecule has 2 atom stereocenters. The minimum atomic E-state index is 0.226. The average Bonchev–Trinajstić information content (AvgIpc) is 2.14. The molecule has 15 heavy (non-hydrogen) atoms. The van der Waals surface area contributed by atoms with Crippen LogP contribution in [0, 0.1) is 5.41 Å². The van der Waals surface area contributed by atoms with Gasteiger partial charge in [-0.2, -0.15) is 0 Å². The lowest BCUT2D eigenvalue weighted by Gasteiger charge is -2.34. The molecule has 0 saturated carbocycles. The molecule has 0 aromatic heterocycles. The fourth-order valence-corrected chi connectivity index (χ4v) is 1.93. The van der Waals surface area contributed by atoms with Crippen molar-refractivity contribution in [1.29, 1.82) is 0 Å². The van der Waals surface area contributed by atoms with Crippen molar-refractivity contribution in [2.24, 2.45) is 5.41 Å². The summed E-state index contributed by atoms with van der Waals surface area (Å²) in [5.41, 5.74) is 0.226. The van der Waals surface area contributed by atoms with E-state index in [4.69, 9.17) is 5.11 Å². The number of hydrogen-bond donors (Lipinski definition) is 2. The van der Waals surface area contributed by atoms with Gasteiger partial charge in [0.15, 0.2) is 0 Å². The predicted octanol–water partition coefficient (Wildman–Crippen LogP) is 2.95. The number of hydrogen-bond acceptors (Lipinski definition) is 2. The first-order valence-corrected chi connectivity index (χ1v) is 6.32. The van der Waals surface area contributed by atoms with Gasteiger partial charge in [0.1, 0.15) is 0 Å². The Bertz CT molecular complexity index is 151. The van der Waals surface area contributed by atoms with Crippen molar-refractivity contribution >= 4 is 0 Å². The maximum absolute atomic E-state index is 9.08. The van der Waals surface area contributed by atoms with Crippen LogP contribution < -0.4 is 5.32 Å². The minimum absolute atomic E-state index is 0.226. The molecule has 0 aliphatic carbocycles. The highest BCUT2D eigenvalue weighted by molar-refractivity contribution is 4.83. The van der Waals surface area contributed by atoms with Gasteiger partial charge in [-0.25, -0.2) is 0 Å². The van der Waals surface area contributed by atoms with Crippen molar-refractivity contribution in [3.05, 3.63) is 0 Å². The van der Waals surface area contributed by atoms with Crippen molar-refractivity contribution < 1.29 is 5.11 Å². The van der Waals surface area contributed by atoms with Gasteiger partial charge in [-0.3, -0.25) is 0 Å². The zero-order valence-corrected chi connectivity index (χ0v) is 11.1. The van der Waals surface area contributed by atoms with Crippen molar-refractivity contribution in [2.75, 3.05) is 6.61 Å². The van der Waals surface area contributed by atoms with Gasteiger partial charge in [0.05, 0.1) is 0 Å². The Morgan fingerprint density at radius 3 is 2.07 bits per heavy atom. The average molecular weight is 215 g/mol. The van der Waals surface area contributed by atoms with Crippen LogP contribution in [0.25, 0.3) is 0 Å². The summed E-state index contributed by atoms with van der Waals surface area (Å²) in [5.74, 6) is 0. The summed E-state index contributed by atoms with van der Waals surface area (Å²) in [5, 5.41) is 12.8. The molecule has 2 nitrogen and oxygen atoms in total. The molecule has 0 fully saturated rings. The van der Waals surface area contributed by atoms with E-state index >= 15 is 0 Å². The Morgan fingerprint density at radius 2 is 1.73 bits per heavy atom. The van der Waals surface area contributed by atoms with Crippen LogP contribution in [0.3, 0.4) is 0 Å². The Morgan fingerprint density at radius 1 is 1.13 bits per heavy atom. The Balaban J connectivity index is 4.25. The number of aliphatic hydroxyl groups is 1. The van der Waals surface area contributed by atoms with Gasteiger partial charge in [-0.05, 0) is 24.7 Å². The van der Waals surface area contributed by atoms with Gasteiger partial charge in [-0.1, -0.05) is 41.0 Å². The smallest absolute Gasteiger partial charge is 0.0446 e. The van der Waals surface area contributed by atoms with Gasteiger partial charge in [-0.15, -0.1) is 0 Å². The van der Waals surface area contributed by atoms with E-state index in [1.165, 1.54) is 19.3 Å². The van der Waals surface area contributed by atoms with E-state index < -0.39 is 0 Å². The molecule has 0 saturated heterocycles. The molecule has 0 aromatic carbocycles. The van der Waals surface area contributed by atoms with Gasteiger partial charge in [0, 0.05) is 18.7 Å². The molecule has 0 rings (SSSR count). The van der Waals surface area contributed by atoms with Crippen LogP contribution in [0.1, 0.15) is 60.3 Å². The molecule has 0 aliphatic rings. The molecule has 0 amide bonds. The molecule has 92 valence electrons. The second-order valence-corrected chi connectivity index (χ2v) is 5.49. The maximum atomic E-state index is 9.08. The summed E-state index contributed by atoms with van der Waals surface area (Å²) in [6, 6.07) is 1.02. The third-order valence-electron chi connectivity index (χ3n) is 3.03. The molecule has 2 N–H and O–H groups in total. The second kappa shape index (κ2) is 7.24. The molecule has 0 bridgehead atoms. The van der Waals surface area contributed by atoms with Crippen LogP contribution in [0.15, 0.2) is 0 Å². The summed E-state index contributed by atoms with van der Waals surface area (Å²) >= 11 is 0. The summed E-state index contributed by atoms with van der Waals surface area (Å²) in [4.78, 5) is 0. The van der Waals surface area contributed by atoms with Gasteiger partial charge >= 0.3 is 0 Å². The van der Waals surface area contributed by atoms with Crippen molar-refractivity contribution in [1.82, 2.24) is 5.32 Å². The lowest BCUT2D eigenvalue weighted by molar-refractivity contribution is 0.182. The summed E-state index contributed by atoms with van der Waals surface area (Å²) in [6.45, 7) is 11.4. The van der Waals surface area contributed by atoms with Crippen molar-refractivity contribution in [3.8, 4) is 0 Å². The molecule has 0 aliphatic heterocycles. The van der Waals surface area contributed by atoms with E-state index in [1.54, 1.807) is 0 Å². The van der Waals surface area contributed by atoms with E-state index in [9.17, 15) is 0 Å². The third kappa shape index (κ3) is 6.16. The van der Waals surface area contributed by atoms with Crippen LogP contribution in [0.2, 0.25) is 0 Å². The SMILES string of the molecule is CCCC(CC)NC(CCO)C(C)(C)C. The van der Waals surface area contributed by atoms with Gasteiger partial charge in [0.2, 0.25) is 0 Å². The second-order valence-electron chi connectivity index (χ2n) is 5.49. The minimum Gasteiger partial charge on any atom is -0.396 e. The Kier molecular flexibility index (Phi) is 7.20. The Labute approximate surface area is 95.5 Å². The van der Waals surface area contributed by atoms with Crippen LogP contribution in [-0.4, -0.2) is 23.8 Å². The molecule has 0 radical (unpaired) electrons. The van der Waals surface area contributed by atoms with Gasteiger partial charge in [0.25, 0.3) is 0 Å². The van der Waals surface area contributed by atoms with E-state index in [0.717, 1.165) is 6.42 Å². The number of nitrogens with one attached hydrogen (secondary N) is 1. The van der Waals surface area contributed by atoms with E-state index in [1.807, 2.05) is 0 Å². The maximum Gasteiger partial charge on any atom is 0.0446 e. The predicted molar refractivity (Wildman–Crippen MR) is 67.1 cm³/mol. The highest BCUT2D eigenvalue weighted by atomic mass is 16.3. The largest absolute Gasteiger partial charge is 0.396 e. The van der Waals surface area contributed by atoms with E-state index in [-0.39, 0.29) is 12.0 Å². The molecule has 0 aromatic rings. The highest BCUT2D eigenvalue weighted by Gasteiger charge is 2.25. The van der Waals surface area contributed by atoms with Crippen molar-refractivity contribution in [3.63, 3.8) is 0 Å². The van der Waals surface area contributed by atoms with Crippen LogP contribution in [0.4, 0.5) is 0 Å². The zero-order valence-electron chi connectivity index (χ0n) is 11.1. The highest BCUT2D eigenvalue weighted by Crippen LogP contribution is 2.23. The zero-order chi connectivity index (χ0) is 11.9. The first-order valence-electron chi connectivity index (χ1n) is 6.32. The standard InChI is InChI=1S/C13H29NO/c1-6-8-11(7-2)14-12(9-10-15)13(3,4)5/h11-12,14-15H,6-10H2,1-5H3. The summed E-state index contributed by atoms with van der Waals surface area (Å²) in [7, 11) is 0. The first-order chi connectivity index (χ1) is 6.95. The lowest BCUT2D eigenvalue weighted by atomic mass is 9.84. The fourth-order valence-electron chi connectivity index (χ4n) is 1.93. The molecule has 0 spiro atoms. The van der Waals surface area contributed by atoms with Crippen LogP contribution >= 0.6 is 0 Å².